The van der Waals surface area contributed by atoms with Crippen LogP contribution in [0.25, 0.3) is 11.0 Å². The molecule has 0 bridgehead atoms. The first-order chi connectivity index (χ1) is 11.1. The van der Waals surface area contributed by atoms with Crippen LogP contribution in [0.2, 0.25) is 5.02 Å². The van der Waals surface area contributed by atoms with Gasteiger partial charge in [-0.3, -0.25) is 9.36 Å². The first kappa shape index (κ1) is 15.3. The number of amides is 1. The fourth-order valence-electron chi connectivity index (χ4n) is 2.41. The number of imidazole rings is 1. The van der Waals surface area contributed by atoms with Crippen molar-refractivity contribution in [2.24, 2.45) is 0 Å². The number of nitrogens with zero attached hydrogens (tertiary/aromatic N) is 1. The molecule has 7 heteroatoms. The second kappa shape index (κ2) is 6.26. The molecule has 0 aliphatic rings. The molecule has 1 heterocycles. The Hall–Kier alpha value is -2.60. The zero-order valence-corrected chi connectivity index (χ0v) is 12.7. The van der Waals surface area contributed by atoms with E-state index in [0.717, 1.165) is 11.0 Å². The van der Waals surface area contributed by atoms with E-state index in [4.69, 9.17) is 11.6 Å². The third-order valence-electron chi connectivity index (χ3n) is 3.49. The number of aromatic nitrogens is 2. The highest BCUT2D eigenvalue weighted by Gasteiger charge is 2.15. The van der Waals surface area contributed by atoms with Crippen LogP contribution in [0.3, 0.4) is 0 Å². The summed E-state index contributed by atoms with van der Waals surface area (Å²) in [6.45, 7) is 0.436. The summed E-state index contributed by atoms with van der Waals surface area (Å²) in [5, 5.41) is 2.62. The molecule has 0 saturated heterocycles. The number of carbonyl (C=O) groups is 1. The molecular formula is C16H13ClFN3O2. The van der Waals surface area contributed by atoms with Gasteiger partial charge in [-0.05, 0) is 24.3 Å². The number of benzene rings is 2. The summed E-state index contributed by atoms with van der Waals surface area (Å²) in [5.41, 5.74) is 1.02. The number of carbonyl (C=O) groups excluding carboxylic acids is 1. The molecule has 118 valence electrons. The van der Waals surface area contributed by atoms with Gasteiger partial charge in [0.15, 0.2) is 0 Å². The number of fused-ring (bicyclic) bond motifs is 1. The van der Waals surface area contributed by atoms with Crippen molar-refractivity contribution in [2.45, 2.75) is 6.54 Å². The van der Waals surface area contributed by atoms with Gasteiger partial charge in [0.1, 0.15) is 5.82 Å². The van der Waals surface area contributed by atoms with E-state index in [-0.39, 0.29) is 29.4 Å². The third-order valence-corrected chi connectivity index (χ3v) is 3.81. The zero-order chi connectivity index (χ0) is 16.4. The van der Waals surface area contributed by atoms with Gasteiger partial charge >= 0.3 is 5.69 Å². The molecular weight excluding hydrogens is 321 g/mol. The van der Waals surface area contributed by atoms with Crippen molar-refractivity contribution in [3.63, 3.8) is 0 Å². The van der Waals surface area contributed by atoms with E-state index < -0.39 is 11.7 Å². The minimum Gasteiger partial charge on any atom is -0.350 e. The van der Waals surface area contributed by atoms with Gasteiger partial charge in [0, 0.05) is 13.1 Å². The Balaban J connectivity index is 1.73. The molecule has 3 aromatic rings. The Morgan fingerprint density at radius 1 is 1.22 bits per heavy atom. The Labute approximate surface area is 135 Å². The topological polar surface area (TPSA) is 66.9 Å². The van der Waals surface area contributed by atoms with Crippen molar-refractivity contribution in [1.82, 2.24) is 14.9 Å². The first-order valence-electron chi connectivity index (χ1n) is 6.97. The molecule has 2 aromatic carbocycles. The number of aromatic amines is 1. The number of H-pyrrole nitrogens is 1. The van der Waals surface area contributed by atoms with Gasteiger partial charge in [0.2, 0.25) is 0 Å². The van der Waals surface area contributed by atoms with Gasteiger partial charge in [0.05, 0.1) is 21.6 Å². The van der Waals surface area contributed by atoms with E-state index in [1.165, 1.54) is 22.8 Å². The Morgan fingerprint density at radius 2 is 2.00 bits per heavy atom. The van der Waals surface area contributed by atoms with E-state index in [0.29, 0.717) is 0 Å². The number of nitrogens with one attached hydrogen (secondary N) is 2. The van der Waals surface area contributed by atoms with E-state index in [1.54, 1.807) is 6.07 Å². The largest absolute Gasteiger partial charge is 0.350 e. The fourth-order valence-corrected chi connectivity index (χ4v) is 2.66. The molecule has 2 N–H and O–H groups in total. The van der Waals surface area contributed by atoms with Gasteiger partial charge in [-0.1, -0.05) is 29.8 Å². The molecule has 0 radical (unpaired) electrons. The van der Waals surface area contributed by atoms with Gasteiger partial charge in [-0.2, -0.15) is 0 Å². The van der Waals surface area contributed by atoms with E-state index in [2.05, 4.69) is 10.3 Å². The number of halogens is 2. The van der Waals surface area contributed by atoms with Crippen LogP contribution < -0.4 is 11.0 Å². The monoisotopic (exact) mass is 333 g/mol. The van der Waals surface area contributed by atoms with Gasteiger partial charge in [-0.15, -0.1) is 0 Å². The van der Waals surface area contributed by atoms with Crippen LogP contribution in [0.5, 0.6) is 0 Å². The van der Waals surface area contributed by atoms with Crippen molar-refractivity contribution in [2.75, 3.05) is 6.54 Å². The lowest BCUT2D eigenvalue weighted by atomic mass is 10.2. The van der Waals surface area contributed by atoms with Crippen LogP contribution >= 0.6 is 11.6 Å². The molecule has 23 heavy (non-hydrogen) atoms. The molecule has 0 aliphatic heterocycles. The summed E-state index contributed by atoms with van der Waals surface area (Å²) in [6, 6.07) is 11.3. The smallest absolute Gasteiger partial charge is 0.326 e. The van der Waals surface area contributed by atoms with E-state index in [9.17, 15) is 14.0 Å². The minimum absolute atomic E-state index is 0.0479. The summed E-state index contributed by atoms with van der Waals surface area (Å²) < 4.78 is 15.2. The number of hydrogen-bond donors (Lipinski definition) is 2. The molecule has 0 atom stereocenters. The zero-order valence-electron chi connectivity index (χ0n) is 12.0. The van der Waals surface area contributed by atoms with Crippen LogP contribution in [0, 0.1) is 5.82 Å². The molecule has 0 unspecified atom stereocenters. The van der Waals surface area contributed by atoms with Crippen molar-refractivity contribution in [3.8, 4) is 0 Å². The van der Waals surface area contributed by atoms with Gasteiger partial charge in [-0.25, -0.2) is 9.18 Å². The van der Waals surface area contributed by atoms with Crippen molar-refractivity contribution in [3.05, 3.63) is 69.4 Å². The Bertz CT molecular complexity index is 912. The molecule has 5 nitrogen and oxygen atoms in total. The summed E-state index contributed by atoms with van der Waals surface area (Å²) in [4.78, 5) is 26.7. The molecule has 0 fully saturated rings. The maximum Gasteiger partial charge on any atom is 0.326 e. The molecule has 3 rings (SSSR count). The average molecular weight is 334 g/mol. The first-order valence-corrected chi connectivity index (χ1v) is 7.35. The number of rotatable bonds is 4. The molecule has 1 amide bonds. The summed E-state index contributed by atoms with van der Waals surface area (Å²) in [7, 11) is 0. The lowest BCUT2D eigenvalue weighted by molar-refractivity contribution is 0.0948. The molecule has 1 aromatic heterocycles. The predicted molar refractivity (Wildman–Crippen MR) is 86.3 cm³/mol. The lowest BCUT2D eigenvalue weighted by Crippen LogP contribution is -2.30. The predicted octanol–water partition coefficient (Wildman–Crippen LogP) is 2.55. The molecule has 0 spiro atoms. The van der Waals surface area contributed by atoms with Crippen molar-refractivity contribution >= 4 is 28.5 Å². The normalized spacial score (nSPS) is 10.9. The van der Waals surface area contributed by atoms with Crippen LogP contribution in [0.15, 0.2) is 47.3 Å². The number of hydrogen-bond acceptors (Lipinski definition) is 2. The van der Waals surface area contributed by atoms with Crippen molar-refractivity contribution < 1.29 is 9.18 Å². The quantitative estimate of drug-likeness (QED) is 0.770. The maximum atomic E-state index is 13.7. The fraction of sp³-hybridized carbons (Fsp3) is 0.125. The average Bonchev–Trinajstić information content (AvgIpc) is 2.83. The highest BCUT2D eigenvalue weighted by atomic mass is 35.5. The van der Waals surface area contributed by atoms with Gasteiger partial charge < -0.3 is 10.3 Å². The lowest BCUT2D eigenvalue weighted by Gasteiger charge is -2.08. The van der Waals surface area contributed by atoms with E-state index >= 15 is 0 Å². The highest BCUT2D eigenvalue weighted by Crippen LogP contribution is 2.18. The molecule has 0 aliphatic carbocycles. The summed E-state index contributed by atoms with van der Waals surface area (Å²) in [5.74, 6) is -1.29. The van der Waals surface area contributed by atoms with Crippen molar-refractivity contribution in [1.29, 1.82) is 0 Å². The Kier molecular flexibility index (Phi) is 4.16. The minimum atomic E-state index is -0.681. The van der Waals surface area contributed by atoms with Crippen LogP contribution in [0.1, 0.15) is 10.4 Å². The van der Waals surface area contributed by atoms with E-state index in [1.807, 2.05) is 18.2 Å². The summed E-state index contributed by atoms with van der Waals surface area (Å²) >= 11 is 5.85. The van der Waals surface area contributed by atoms with Crippen LogP contribution in [0.4, 0.5) is 4.39 Å². The maximum absolute atomic E-state index is 13.7. The molecule has 0 saturated carbocycles. The SMILES string of the molecule is O=C(NCCn1c(=O)[nH]c2ccccc21)c1c(F)cccc1Cl. The van der Waals surface area contributed by atoms with Crippen LogP contribution in [-0.4, -0.2) is 22.0 Å². The summed E-state index contributed by atoms with van der Waals surface area (Å²) in [6.07, 6.45) is 0. The second-order valence-electron chi connectivity index (χ2n) is 4.95. The number of para-hydroxylation sites is 2. The Morgan fingerprint density at radius 3 is 2.78 bits per heavy atom. The highest BCUT2D eigenvalue weighted by molar-refractivity contribution is 6.33. The van der Waals surface area contributed by atoms with Crippen LogP contribution in [-0.2, 0) is 6.54 Å². The second-order valence-corrected chi connectivity index (χ2v) is 5.36. The standard InChI is InChI=1S/C16H13ClFN3O2/c17-10-4-3-5-11(18)14(10)15(22)19-8-9-21-13-7-2-1-6-12(13)20-16(21)23/h1-7H,8-9H2,(H,19,22)(H,20,23). The van der Waals surface area contributed by atoms with Gasteiger partial charge in [0.25, 0.3) is 5.91 Å². The third kappa shape index (κ3) is 2.98.